The van der Waals surface area contributed by atoms with Crippen LogP contribution in [-0.4, -0.2) is 6.03 Å². The summed E-state index contributed by atoms with van der Waals surface area (Å²) in [5.41, 5.74) is 1.03. The Kier molecular flexibility index (Phi) is 5.93. The number of carbonyl (C=O) groups excluding carboxylic acids is 1. The molecule has 1 aromatic carbocycles. The van der Waals surface area contributed by atoms with Gasteiger partial charge in [-0.3, -0.25) is 0 Å². The first-order valence-corrected chi connectivity index (χ1v) is 7.57. The highest BCUT2D eigenvalue weighted by Crippen LogP contribution is 2.24. The predicted molar refractivity (Wildman–Crippen MR) is 82.5 cm³/mol. The summed E-state index contributed by atoms with van der Waals surface area (Å²) in [5, 5.41) is 6.27. The van der Waals surface area contributed by atoms with Gasteiger partial charge in [0.2, 0.25) is 0 Å². The number of hydrogen-bond donors (Lipinski definition) is 2. The van der Waals surface area contributed by atoms with E-state index < -0.39 is 0 Å². The summed E-state index contributed by atoms with van der Waals surface area (Å²) in [5.74, 6) is 0.625. The van der Waals surface area contributed by atoms with Crippen molar-refractivity contribution in [1.29, 1.82) is 0 Å². The zero-order valence-electron chi connectivity index (χ0n) is 11.6. The molecule has 1 aromatic rings. The highest BCUT2D eigenvalue weighted by molar-refractivity contribution is 6.30. The quantitative estimate of drug-likeness (QED) is 0.856. The van der Waals surface area contributed by atoms with Crippen LogP contribution in [0.2, 0.25) is 5.02 Å². The maximum absolute atomic E-state index is 11.6. The van der Waals surface area contributed by atoms with Crippen LogP contribution in [-0.2, 0) is 6.54 Å². The summed E-state index contributed by atoms with van der Waals surface area (Å²) in [6.45, 7) is 0.500. The van der Waals surface area contributed by atoms with Crippen molar-refractivity contribution in [2.45, 2.75) is 38.6 Å². The first-order valence-electron chi connectivity index (χ1n) is 7.19. The molecule has 0 atom stereocenters. The molecule has 1 fully saturated rings. The van der Waals surface area contributed by atoms with E-state index in [2.05, 4.69) is 16.7 Å². The highest BCUT2D eigenvalue weighted by atomic mass is 35.5. The fraction of sp³-hybridized carbons (Fsp3) is 0.438. The molecule has 4 heteroatoms. The molecule has 108 valence electrons. The van der Waals surface area contributed by atoms with Crippen molar-refractivity contribution in [3.63, 3.8) is 0 Å². The second-order valence-electron chi connectivity index (χ2n) is 5.21. The lowest BCUT2D eigenvalue weighted by molar-refractivity contribution is 0.243. The maximum Gasteiger partial charge on any atom is 0.319 e. The Hall–Kier alpha value is -1.48. The minimum atomic E-state index is -0.174. The van der Waals surface area contributed by atoms with Crippen molar-refractivity contribution in [1.82, 2.24) is 10.6 Å². The van der Waals surface area contributed by atoms with Gasteiger partial charge in [0.15, 0.2) is 0 Å². The number of carbonyl (C=O) groups is 1. The fourth-order valence-corrected chi connectivity index (χ4v) is 2.55. The minimum Gasteiger partial charge on any atom is -0.334 e. The van der Waals surface area contributed by atoms with Crippen LogP contribution in [0.5, 0.6) is 0 Å². The van der Waals surface area contributed by atoms with Crippen molar-refractivity contribution in [2.75, 3.05) is 0 Å². The van der Waals surface area contributed by atoms with Crippen LogP contribution < -0.4 is 10.6 Å². The number of nitrogens with one attached hydrogen (secondary N) is 2. The van der Waals surface area contributed by atoms with Gasteiger partial charge in [0.1, 0.15) is 0 Å². The van der Waals surface area contributed by atoms with Gasteiger partial charge in [0.05, 0.1) is 0 Å². The zero-order chi connectivity index (χ0) is 14.2. The van der Waals surface area contributed by atoms with Crippen molar-refractivity contribution in [3.05, 3.63) is 47.1 Å². The minimum absolute atomic E-state index is 0.174. The van der Waals surface area contributed by atoms with Gasteiger partial charge in [-0.25, -0.2) is 4.79 Å². The van der Waals surface area contributed by atoms with Gasteiger partial charge in [0.25, 0.3) is 0 Å². The van der Waals surface area contributed by atoms with Crippen LogP contribution >= 0.6 is 11.6 Å². The van der Waals surface area contributed by atoms with Crippen molar-refractivity contribution >= 4 is 17.6 Å². The summed E-state index contributed by atoms with van der Waals surface area (Å²) in [6.07, 6.45) is 10.3. The van der Waals surface area contributed by atoms with Gasteiger partial charge in [-0.2, -0.15) is 0 Å². The van der Waals surface area contributed by atoms with Crippen molar-refractivity contribution in [2.24, 2.45) is 5.92 Å². The first-order chi connectivity index (χ1) is 9.74. The average Bonchev–Trinajstić information content (AvgIpc) is 2.48. The van der Waals surface area contributed by atoms with E-state index in [0.29, 0.717) is 17.5 Å². The van der Waals surface area contributed by atoms with Crippen LogP contribution in [0, 0.1) is 5.92 Å². The lowest BCUT2D eigenvalue weighted by atomic mass is 9.89. The first kappa shape index (κ1) is 14.9. The molecule has 1 aliphatic carbocycles. The molecule has 0 aliphatic heterocycles. The molecule has 0 spiro atoms. The molecule has 0 heterocycles. The summed E-state index contributed by atoms with van der Waals surface area (Å²) in [7, 11) is 0. The number of amides is 2. The molecule has 0 bridgehead atoms. The van der Waals surface area contributed by atoms with Crippen LogP contribution in [0.15, 0.2) is 36.5 Å². The molecule has 1 saturated carbocycles. The Balaban J connectivity index is 1.67. The van der Waals surface area contributed by atoms with Crippen molar-refractivity contribution < 1.29 is 4.79 Å². The number of benzene rings is 1. The van der Waals surface area contributed by atoms with Gasteiger partial charge in [-0.05, 0) is 36.5 Å². The molecular formula is C16H21ClN2O. The molecule has 20 heavy (non-hydrogen) atoms. The SMILES string of the molecule is O=C(N/C=C/C1CCCCC1)NCc1ccc(Cl)cc1. The van der Waals surface area contributed by atoms with E-state index in [1.165, 1.54) is 32.1 Å². The standard InChI is InChI=1S/C16H21ClN2O/c17-15-8-6-14(7-9-15)12-19-16(20)18-11-10-13-4-2-1-3-5-13/h6-11,13H,1-5,12H2,(H2,18,19,20)/b11-10+. The second kappa shape index (κ2) is 7.95. The monoisotopic (exact) mass is 292 g/mol. The molecule has 0 radical (unpaired) electrons. The summed E-state index contributed by atoms with van der Waals surface area (Å²) < 4.78 is 0. The third-order valence-corrected chi connectivity index (χ3v) is 3.85. The molecule has 0 unspecified atom stereocenters. The maximum atomic E-state index is 11.6. The number of halogens is 1. The average molecular weight is 293 g/mol. The largest absolute Gasteiger partial charge is 0.334 e. The normalized spacial score (nSPS) is 16.2. The number of hydrogen-bond acceptors (Lipinski definition) is 1. The highest BCUT2D eigenvalue weighted by Gasteiger charge is 2.09. The third kappa shape index (κ3) is 5.25. The summed E-state index contributed by atoms with van der Waals surface area (Å²) in [6, 6.07) is 7.27. The molecule has 2 rings (SSSR count). The third-order valence-electron chi connectivity index (χ3n) is 3.60. The number of rotatable bonds is 4. The number of allylic oxidation sites excluding steroid dienone is 1. The summed E-state index contributed by atoms with van der Waals surface area (Å²) in [4.78, 5) is 11.6. The lowest BCUT2D eigenvalue weighted by Crippen LogP contribution is -2.31. The van der Waals surface area contributed by atoms with E-state index in [0.717, 1.165) is 5.56 Å². The van der Waals surface area contributed by atoms with Crippen molar-refractivity contribution in [3.8, 4) is 0 Å². The van der Waals surface area contributed by atoms with Gasteiger partial charge in [0, 0.05) is 17.8 Å². The zero-order valence-corrected chi connectivity index (χ0v) is 12.3. The fourth-order valence-electron chi connectivity index (χ4n) is 2.42. The molecular weight excluding hydrogens is 272 g/mol. The van der Waals surface area contributed by atoms with E-state index in [4.69, 9.17) is 11.6 Å². The smallest absolute Gasteiger partial charge is 0.319 e. The van der Waals surface area contributed by atoms with E-state index >= 15 is 0 Å². The molecule has 3 nitrogen and oxygen atoms in total. The van der Waals surface area contributed by atoms with E-state index in [-0.39, 0.29) is 6.03 Å². The van der Waals surface area contributed by atoms with Gasteiger partial charge < -0.3 is 10.6 Å². The Bertz CT molecular complexity index is 450. The molecule has 0 aromatic heterocycles. The molecule has 2 amide bonds. The predicted octanol–water partition coefficient (Wildman–Crippen LogP) is 4.23. The van der Waals surface area contributed by atoms with Crippen LogP contribution in [0.25, 0.3) is 0 Å². The Morgan fingerprint density at radius 1 is 1.20 bits per heavy atom. The molecule has 1 aliphatic rings. The number of urea groups is 1. The molecule has 0 saturated heterocycles. The molecule has 2 N–H and O–H groups in total. The van der Waals surface area contributed by atoms with Gasteiger partial charge >= 0.3 is 6.03 Å². The Morgan fingerprint density at radius 2 is 1.90 bits per heavy atom. The van der Waals surface area contributed by atoms with E-state index in [1.54, 1.807) is 6.20 Å². The van der Waals surface area contributed by atoms with Crippen LogP contribution in [0.1, 0.15) is 37.7 Å². The van der Waals surface area contributed by atoms with Gasteiger partial charge in [-0.15, -0.1) is 0 Å². The van der Waals surface area contributed by atoms with E-state index in [1.807, 2.05) is 24.3 Å². The lowest BCUT2D eigenvalue weighted by Gasteiger charge is -2.17. The van der Waals surface area contributed by atoms with Crippen LogP contribution in [0.4, 0.5) is 4.79 Å². The Labute approximate surface area is 125 Å². The summed E-state index contributed by atoms with van der Waals surface area (Å²) >= 11 is 5.81. The second-order valence-corrected chi connectivity index (χ2v) is 5.65. The van der Waals surface area contributed by atoms with Gasteiger partial charge in [-0.1, -0.05) is 49.1 Å². The van der Waals surface area contributed by atoms with E-state index in [9.17, 15) is 4.79 Å². The topological polar surface area (TPSA) is 41.1 Å². The van der Waals surface area contributed by atoms with Crippen LogP contribution in [0.3, 0.4) is 0 Å². The Morgan fingerprint density at radius 3 is 2.60 bits per heavy atom.